The highest BCUT2D eigenvalue weighted by molar-refractivity contribution is 7.15. The number of rotatable bonds is 4. The molecule has 0 saturated carbocycles. The van der Waals surface area contributed by atoms with Crippen LogP contribution in [0.3, 0.4) is 0 Å². The van der Waals surface area contributed by atoms with Crippen LogP contribution in [-0.2, 0) is 0 Å². The van der Waals surface area contributed by atoms with Gasteiger partial charge in [0.05, 0.1) is 5.56 Å². The third kappa shape index (κ3) is 3.09. The Labute approximate surface area is 133 Å². The molecular formula is C15H19N5OS. The molecule has 1 amide bonds. The summed E-state index contributed by atoms with van der Waals surface area (Å²) in [5.41, 5.74) is 0.589. The van der Waals surface area contributed by atoms with Crippen molar-refractivity contribution < 1.29 is 4.79 Å². The van der Waals surface area contributed by atoms with E-state index >= 15 is 0 Å². The average Bonchev–Trinajstić information content (AvgIpc) is 3.18. The van der Waals surface area contributed by atoms with E-state index in [2.05, 4.69) is 39.2 Å². The van der Waals surface area contributed by atoms with Crippen LogP contribution in [0.4, 0.5) is 10.9 Å². The molecule has 0 unspecified atom stereocenters. The Balaban J connectivity index is 1.79. The van der Waals surface area contributed by atoms with Crippen LogP contribution in [0.25, 0.3) is 0 Å². The van der Waals surface area contributed by atoms with Crippen molar-refractivity contribution >= 4 is 28.2 Å². The highest BCUT2D eigenvalue weighted by Crippen LogP contribution is 2.25. The highest BCUT2D eigenvalue weighted by atomic mass is 32.1. The van der Waals surface area contributed by atoms with E-state index in [0.29, 0.717) is 16.6 Å². The molecule has 22 heavy (non-hydrogen) atoms. The standard InChI is InChI=1S/C15H19N5OS/c1-10(2)14-18-19-15(22-14)17-13(21)11-6-5-7-16-12(11)20-8-3-4-9-20/h5-7,10H,3-4,8-9H2,1-2H3,(H,17,19,21). The molecule has 1 aliphatic rings. The third-order valence-corrected chi connectivity index (χ3v) is 4.73. The van der Waals surface area contributed by atoms with Gasteiger partial charge in [-0.05, 0) is 25.0 Å². The Hall–Kier alpha value is -2.02. The summed E-state index contributed by atoms with van der Waals surface area (Å²) in [4.78, 5) is 19.1. The molecule has 3 heterocycles. The Morgan fingerprint density at radius 2 is 2.09 bits per heavy atom. The fourth-order valence-corrected chi connectivity index (χ4v) is 3.18. The topological polar surface area (TPSA) is 71.0 Å². The predicted octanol–water partition coefficient (Wildman–Crippen LogP) is 2.91. The summed E-state index contributed by atoms with van der Waals surface area (Å²) in [7, 11) is 0. The zero-order valence-corrected chi connectivity index (χ0v) is 13.6. The van der Waals surface area contributed by atoms with E-state index in [4.69, 9.17) is 0 Å². The Morgan fingerprint density at radius 1 is 1.32 bits per heavy atom. The van der Waals surface area contributed by atoms with E-state index in [1.807, 2.05) is 0 Å². The average molecular weight is 317 g/mol. The summed E-state index contributed by atoms with van der Waals surface area (Å²) in [5, 5.41) is 12.4. The van der Waals surface area contributed by atoms with Crippen molar-refractivity contribution in [1.82, 2.24) is 15.2 Å². The maximum absolute atomic E-state index is 12.5. The number of pyridine rings is 1. The number of hydrogen-bond acceptors (Lipinski definition) is 6. The first-order valence-electron chi connectivity index (χ1n) is 7.50. The second-order valence-electron chi connectivity index (χ2n) is 5.62. The number of aromatic nitrogens is 3. The summed E-state index contributed by atoms with van der Waals surface area (Å²) in [6, 6.07) is 3.59. The molecule has 0 radical (unpaired) electrons. The third-order valence-electron chi connectivity index (χ3n) is 3.59. The van der Waals surface area contributed by atoms with Gasteiger partial charge in [-0.25, -0.2) is 4.98 Å². The van der Waals surface area contributed by atoms with Gasteiger partial charge in [0, 0.05) is 25.2 Å². The first-order chi connectivity index (χ1) is 10.6. The maximum Gasteiger partial charge on any atom is 0.261 e. The molecular weight excluding hydrogens is 298 g/mol. The zero-order valence-electron chi connectivity index (χ0n) is 12.7. The van der Waals surface area contributed by atoms with Crippen molar-refractivity contribution in [3.63, 3.8) is 0 Å². The molecule has 1 saturated heterocycles. The number of nitrogens with one attached hydrogen (secondary N) is 1. The Kier molecular flexibility index (Phi) is 4.33. The molecule has 0 aliphatic carbocycles. The molecule has 0 spiro atoms. The number of anilines is 2. The second kappa shape index (κ2) is 6.39. The molecule has 7 heteroatoms. The van der Waals surface area contributed by atoms with E-state index in [1.54, 1.807) is 18.3 Å². The van der Waals surface area contributed by atoms with E-state index in [9.17, 15) is 4.79 Å². The first-order valence-corrected chi connectivity index (χ1v) is 8.31. The predicted molar refractivity (Wildman–Crippen MR) is 87.6 cm³/mol. The van der Waals surface area contributed by atoms with E-state index in [0.717, 1.165) is 36.8 Å². The van der Waals surface area contributed by atoms with Crippen LogP contribution in [0.1, 0.15) is 48.0 Å². The van der Waals surface area contributed by atoms with Crippen LogP contribution in [0.2, 0.25) is 0 Å². The molecule has 6 nitrogen and oxygen atoms in total. The van der Waals surface area contributed by atoms with Crippen LogP contribution < -0.4 is 10.2 Å². The molecule has 0 bridgehead atoms. The van der Waals surface area contributed by atoms with Gasteiger partial charge in [-0.2, -0.15) is 0 Å². The number of carbonyl (C=O) groups is 1. The monoisotopic (exact) mass is 317 g/mol. The van der Waals surface area contributed by atoms with Gasteiger partial charge < -0.3 is 4.90 Å². The first kappa shape index (κ1) is 14.9. The molecule has 116 valence electrons. The van der Waals surface area contributed by atoms with E-state index in [-0.39, 0.29) is 5.91 Å². The van der Waals surface area contributed by atoms with Gasteiger partial charge in [0.2, 0.25) is 5.13 Å². The highest BCUT2D eigenvalue weighted by Gasteiger charge is 2.21. The largest absolute Gasteiger partial charge is 0.356 e. The quantitative estimate of drug-likeness (QED) is 0.939. The van der Waals surface area contributed by atoms with Gasteiger partial charge in [0.1, 0.15) is 10.8 Å². The fourth-order valence-electron chi connectivity index (χ4n) is 2.44. The maximum atomic E-state index is 12.5. The Morgan fingerprint density at radius 3 is 2.77 bits per heavy atom. The summed E-state index contributed by atoms with van der Waals surface area (Å²) in [6.07, 6.45) is 4.02. The van der Waals surface area contributed by atoms with Crippen LogP contribution in [-0.4, -0.2) is 34.2 Å². The van der Waals surface area contributed by atoms with Gasteiger partial charge in [0.25, 0.3) is 5.91 Å². The van der Waals surface area contributed by atoms with Crippen molar-refractivity contribution in [2.45, 2.75) is 32.6 Å². The van der Waals surface area contributed by atoms with Gasteiger partial charge in [-0.3, -0.25) is 10.1 Å². The van der Waals surface area contributed by atoms with Crippen molar-refractivity contribution in [2.75, 3.05) is 23.3 Å². The molecule has 0 atom stereocenters. The smallest absolute Gasteiger partial charge is 0.261 e. The van der Waals surface area contributed by atoms with Crippen LogP contribution >= 0.6 is 11.3 Å². The lowest BCUT2D eigenvalue weighted by Gasteiger charge is -2.18. The zero-order chi connectivity index (χ0) is 15.5. The van der Waals surface area contributed by atoms with Crippen LogP contribution in [0, 0.1) is 0 Å². The molecule has 2 aromatic heterocycles. The minimum absolute atomic E-state index is 0.179. The minimum atomic E-state index is -0.179. The number of nitrogens with zero attached hydrogens (tertiary/aromatic N) is 4. The van der Waals surface area contributed by atoms with Crippen molar-refractivity contribution in [1.29, 1.82) is 0 Å². The van der Waals surface area contributed by atoms with Crippen LogP contribution in [0.5, 0.6) is 0 Å². The van der Waals surface area contributed by atoms with Gasteiger partial charge in [-0.1, -0.05) is 25.2 Å². The molecule has 3 rings (SSSR count). The lowest BCUT2D eigenvalue weighted by Crippen LogP contribution is -2.24. The lowest BCUT2D eigenvalue weighted by molar-refractivity contribution is 0.102. The molecule has 1 aliphatic heterocycles. The molecule has 1 N–H and O–H groups in total. The normalized spacial score (nSPS) is 14.6. The molecule has 1 fully saturated rings. The van der Waals surface area contributed by atoms with Crippen molar-refractivity contribution in [2.24, 2.45) is 0 Å². The summed E-state index contributed by atoms with van der Waals surface area (Å²) >= 11 is 1.41. The Bertz CT molecular complexity index is 663. The molecule has 2 aromatic rings. The van der Waals surface area contributed by atoms with Gasteiger partial charge in [-0.15, -0.1) is 10.2 Å². The van der Waals surface area contributed by atoms with Crippen molar-refractivity contribution in [3.05, 3.63) is 28.9 Å². The van der Waals surface area contributed by atoms with E-state index in [1.165, 1.54) is 11.3 Å². The minimum Gasteiger partial charge on any atom is -0.356 e. The summed E-state index contributed by atoms with van der Waals surface area (Å²) in [6.45, 7) is 6.01. The number of amides is 1. The summed E-state index contributed by atoms with van der Waals surface area (Å²) < 4.78 is 0. The number of hydrogen-bond donors (Lipinski definition) is 1. The fraction of sp³-hybridized carbons (Fsp3) is 0.467. The number of carbonyl (C=O) groups excluding carboxylic acids is 1. The van der Waals surface area contributed by atoms with E-state index < -0.39 is 0 Å². The van der Waals surface area contributed by atoms with Crippen LogP contribution in [0.15, 0.2) is 18.3 Å². The SMILES string of the molecule is CC(C)c1nnc(NC(=O)c2cccnc2N2CCCC2)s1. The van der Waals surface area contributed by atoms with Crippen molar-refractivity contribution in [3.8, 4) is 0 Å². The molecule has 0 aromatic carbocycles. The lowest BCUT2D eigenvalue weighted by atomic mass is 10.2. The van der Waals surface area contributed by atoms with Gasteiger partial charge in [0.15, 0.2) is 0 Å². The summed E-state index contributed by atoms with van der Waals surface area (Å²) in [5.74, 6) is 0.884. The second-order valence-corrected chi connectivity index (χ2v) is 6.63. The van der Waals surface area contributed by atoms with Gasteiger partial charge >= 0.3 is 0 Å².